The van der Waals surface area contributed by atoms with Gasteiger partial charge in [-0.05, 0) is 38.6 Å². The molecule has 168 valence electrons. The Labute approximate surface area is 171 Å². The van der Waals surface area contributed by atoms with Gasteiger partial charge in [-0.2, -0.15) is 0 Å². The van der Waals surface area contributed by atoms with Gasteiger partial charge in [0.15, 0.2) is 0 Å². The molecule has 0 aliphatic rings. The van der Waals surface area contributed by atoms with Crippen molar-refractivity contribution in [1.82, 2.24) is 16.0 Å². The van der Waals surface area contributed by atoms with Crippen molar-refractivity contribution in [2.24, 2.45) is 17.4 Å². The molecule has 0 aliphatic carbocycles. The minimum Gasteiger partial charge on any atom is -0.480 e. The van der Waals surface area contributed by atoms with Crippen LogP contribution in [0.15, 0.2) is 0 Å². The summed E-state index contributed by atoms with van der Waals surface area (Å²) in [4.78, 5) is 48.2. The number of amides is 3. The fourth-order valence-electron chi connectivity index (χ4n) is 2.60. The van der Waals surface area contributed by atoms with Gasteiger partial charge in [-0.3, -0.25) is 14.4 Å². The predicted octanol–water partition coefficient (Wildman–Crippen LogP) is -1.96. The normalized spacial score (nSPS) is 16.1. The molecule has 29 heavy (non-hydrogen) atoms. The van der Waals surface area contributed by atoms with Gasteiger partial charge in [0.05, 0.1) is 12.6 Å². The summed E-state index contributed by atoms with van der Waals surface area (Å²) in [5, 5.41) is 26.5. The Bertz CT molecular complexity index is 557. The van der Waals surface area contributed by atoms with Gasteiger partial charge in [-0.15, -0.1) is 0 Å². The van der Waals surface area contributed by atoms with E-state index in [0.29, 0.717) is 25.8 Å². The summed E-state index contributed by atoms with van der Waals surface area (Å²) in [5.41, 5.74) is 10.7. The largest absolute Gasteiger partial charge is 0.480 e. The van der Waals surface area contributed by atoms with Crippen molar-refractivity contribution in [2.45, 2.75) is 70.7 Å². The highest BCUT2D eigenvalue weighted by Gasteiger charge is 2.33. The van der Waals surface area contributed by atoms with E-state index in [9.17, 15) is 29.4 Å². The van der Waals surface area contributed by atoms with E-state index >= 15 is 0 Å². The monoisotopic (exact) mass is 417 g/mol. The van der Waals surface area contributed by atoms with E-state index in [-0.39, 0.29) is 18.9 Å². The van der Waals surface area contributed by atoms with Crippen LogP contribution in [0.1, 0.15) is 46.5 Å². The maximum absolute atomic E-state index is 12.6. The maximum Gasteiger partial charge on any atom is 0.326 e. The fourth-order valence-corrected chi connectivity index (χ4v) is 2.60. The first-order valence-electron chi connectivity index (χ1n) is 9.80. The van der Waals surface area contributed by atoms with E-state index in [1.165, 1.54) is 6.92 Å². The van der Waals surface area contributed by atoms with Crippen LogP contribution in [-0.2, 0) is 19.2 Å². The molecule has 0 aromatic heterocycles. The number of carbonyl (C=O) groups is 4. The first-order chi connectivity index (χ1) is 13.6. The number of aliphatic hydroxyl groups is 1. The molecule has 0 fully saturated rings. The number of hydrogen-bond acceptors (Lipinski definition) is 7. The lowest BCUT2D eigenvalue weighted by Gasteiger charge is -2.27. The van der Waals surface area contributed by atoms with E-state index in [0.717, 1.165) is 0 Å². The van der Waals surface area contributed by atoms with Crippen LogP contribution in [0.4, 0.5) is 0 Å². The number of carbonyl (C=O) groups excluding carboxylic acids is 3. The van der Waals surface area contributed by atoms with Crippen LogP contribution < -0.4 is 27.4 Å². The molecule has 0 rings (SSSR count). The third kappa shape index (κ3) is 9.68. The average molecular weight is 418 g/mol. The number of nitrogens with one attached hydrogen (secondary N) is 3. The molecular weight excluding hydrogens is 382 g/mol. The molecular formula is C18H35N5O6. The van der Waals surface area contributed by atoms with Gasteiger partial charge in [0.1, 0.15) is 18.1 Å². The van der Waals surface area contributed by atoms with E-state index in [1.807, 2.05) is 0 Å². The predicted molar refractivity (Wildman–Crippen MR) is 107 cm³/mol. The first kappa shape index (κ1) is 26.8. The van der Waals surface area contributed by atoms with Crippen molar-refractivity contribution in [1.29, 1.82) is 0 Å². The van der Waals surface area contributed by atoms with Crippen LogP contribution >= 0.6 is 0 Å². The van der Waals surface area contributed by atoms with Crippen molar-refractivity contribution in [3.05, 3.63) is 0 Å². The summed E-state index contributed by atoms with van der Waals surface area (Å²) in [5.74, 6) is -3.61. The highest BCUT2D eigenvalue weighted by Crippen LogP contribution is 2.09. The number of hydrogen-bond donors (Lipinski definition) is 7. The fraction of sp³-hybridized carbons (Fsp3) is 0.778. The second kappa shape index (κ2) is 13.9. The van der Waals surface area contributed by atoms with Crippen molar-refractivity contribution >= 4 is 23.7 Å². The van der Waals surface area contributed by atoms with Gasteiger partial charge in [0.2, 0.25) is 17.7 Å². The van der Waals surface area contributed by atoms with Crippen LogP contribution in [0.3, 0.4) is 0 Å². The number of aliphatic carboxylic acids is 1. The molecule has 9 N–H and O–H groups in total. The SMILES string of the molecule is CCC(C)C(NC(=O)C(NC(=O)C(CCCCN)NC(=O)CN)C(C)O)C(=O)O. The first-order valence-corrected chi connectivity index (χ1v) is 9.80. The highest BCUT2D eigenvalue weighted by molar-refractivity contribution is 5.93. The van der Waals surface area contributed by atoms with Gasteiger partial charge in [0.25, 0.3) is 0 Å². The Hall–Kier alpha value is -2.24. The molecule has 0 radical (unpaired) electrons. The number of nitrogens with two attached hydrogens (primary N) is 2. The molecule has 11 heteroatoms. The van der Waals surface area contributed by atoms with E-state index in [2.05, 4.69) is 16.0 Å². The third-order valence-electron chi connectivity index (χ3n) is 4.62. The topological polar surface area (TPSA) is 197 Å². The van der Waals surface area contributed by atoms with Crippen molar-refractivity contribution in [2.75, 3.05) is 13.1 Å². The standard InChI is InChI=1S/C18H35N5O6/c1-4-10(2)14(18(28)29)22-17(27)15(11(3)24)23-16(26)12(7-5-6-8-19)21-13(25)9-20/h10-12,14-15,24H,4-9,19-20H2,1-3H3,(H,21,25)(H,22,27)(H,23,26)(H,28,29). The molecule has 0 aromatic rings. The van der Waals surface area contributed by atoms with Crippen LogP contribution in [0.5, 0.6) is 0 Å². The zero-order valence-electron chi connectivity index (χ0n) is 17.3. The summed E-state index contributed by atoms with van der Waals surface area (Å²) in [6.45, 7) is 4.86. The maximum atomic E-state index is 12.6. The number of aliphatic hydroxyl groups excluding tert-OH is 1. The molecule has 0 saturated heterocycles. The molecule has 0 heterocycles. The van der Waals surface area contributed by atoms with Gasteiger partial charge < -0.3 is 37.6 Å². The van der Waals surface area contributed by atoms with Crippen LogP contribution in [-0.4, -0.2) is 71.2 Å². The zero-order chi connectivity index (χ0) is 22.6. The highest BCUT2D eigenvalue weighted by atomic mass is 16.4. The molecule has 3 amide bonds. The lowest BCUT2D eigenvalue weighted by molar-refractivity contribution is -0.144. The van der Waals surface area contributed by atoms with Gasteiger partial charge in [-0.1, -0.05) is 20.3 Å². The molecule has 0 spiro atoms. The van der Waals surface area contributed by atoms with Gasteiger partial charge in [-0.25, -0.2) is 4.79 Å². The molecule has 0 aromatic carbocycles. The Morgan fingerprint density at radius 1 is 0.931 bits per heavy atom. The minimum absolute atomic E-state index is 0.271. The van der Waals surface area contributed by atoms with E-state index < -0.39 is 47.9 Å². The smallest absolute Gasteiger partial charge is 0.326 e. The Morgan fingerprint density at radius 2 is 1.52 bits per heavy atom. The van der Waals surface area contributed by atoms with Gasteiger partial charge >= 0.3 is 5.97 Å². The van der Waals surface area contributed by atoms with Crippen LogP contribution in [0.2, 0.25) is 0 Å². The molecule has 5 unspecified atom stereocenters. The number of unbranched alkanes of at least 4 members (excludes halogenated alkanes) is 1. The van der Waals surface area contributed by atoms with E-state index in [1.54, 1.807) is 13.8 Å². The summed E-state index contributed by atoms with van der Waals surface area (Å²) >= 11 is 0. The van der Waals surface area contributed by atoms with Crippen LogP contribution in [0, 0.1) is 5.92 Å². The Balaban J connectivity index is 5.28. The van der Waals surface area contributed by atoms with Crippen LogP contribution in [0.25, 0.3) is 0 Å². The third-order valence-corrected chi connectivity index (χ3v) is 4.62. The summed E-state index contributed by atoms with van der Waals surface area (Å²) < 4.78 is 0. The quantitative estimate of drug-likeness (QED) is 0.158. The summed E-state index contributed by atoms with van der Waals surface area (Å²) in [7, 11) is 0. The zero-order valence-corrected chi connectivity index (χ0v) is 17.3. The van der Waals surface area contributed by atoms with Crippen molar-refractivity contribution in [3.8, 4) is 0 Å². The number of rotatable bonds is 14. The van der Waals surface area contributed by atoms with Crippen molar-refractivity contribution in [3.63, 3.8) is 0 Å². The Morgan fingerprint density at radius 3 is 1.97 bits per heavy atom. The number of carboxylic acid groups (broad SMARTS) is 1. The molecule has 5 atom stereocenters. The molecule has 0 aliphatic heterocycles. The number of carboxylic acids is 1. The molecule has 0 saturated carbocycles. The lowest BCUT2D eigenvalue weighted by atomic mass is 9.98. The summed E-state index contributed by atoms with van der Waals surface area (Å²) in [6, 6.07) is -3.51. The van der Waals surface area contributed by atoms with Crippen molar-refractivity contribution < 1.29 is 29.4 Å². The second-order valence-electron chi connectivity index (χ2n) is 7.05. The minimum atomic E-state index is -1.39. The Kier molecular flexibility index (Phi) is 12.8. The average Bonchev–Trinajstić information content (AvgIpc) is 2.67. The van der Waals surface area contributed by atoms with E-state index in [4.69, 9.17) is 11.5 Å². The molecule has 0 bridgehead atoms. The summed E-state index contributed by atoms with van der Waals surface area (Å²) in [6.07, 6.45) is 0.683. The lowest BCUT2D eigenvalue weighted by Crippen LogP contribution is -2.60. The molecule has 11 nitrogen and oxygen atoms in total. The van der Waals surface area contributed by atoms with Gasteiger partial charge in [0, 0.05) is 0 Å². The second-order valence-corrected chi connectivity index (χ2v) is 7.05.